The molecule has 0 saturated heterocycles. The Balaban J connectivity index is 1.78. The quantitative estimate of drug-likeness (QED) is 0.444. The average Bonchev–Trinajstić information content (AvgIpc) is 3.31. The van der Waals surface area contributed by atoms with E-state index in [4.69, 9.17) is 4.74 Å². The minimum atomic E-state index is -1.06. The van der Waals surface area contributed by atoms with Crippen LogP contribution in [0.1, 0.15) is 38.1 Å². The summed E-state index contributed by atoms with van der Waals surface area (Å²) in [5.74, 6) is -0.495. The van der Waals surface area contributed by atoms with Gasteiger partial charge in [-0.25, -0.2) is 13.9 Å². The molecule has 3 heterocycles. The van der Waals surface area contributed by atoms with E-state index in [1.165, 1.54) is 33.6 Å². The fourth-order valence-corrected chi connectivity index (χ4v) is 3.41. The Hall–Kier alpha value is -3.79. The molecule has 0 aliphatic rings. The molecule has 10 heteroatoms. The van der Waals surface area contributed by atoms with E-state index in [1.54, 1.807) is 38.5 Å². The first-order valence-corrected chi connectivity index (χ1v) is 10.5. The predicted molar refractivity (Wildman–Crippen MR) is 121 cm³/mol. The number of anilines is 1. The Morgan fingerprint density at radius 3 is 2.85 bits per heavy atom. The summed E-state index contributed by atoms with van der Waals surface area (Å²) in [5.41, 5.74) is 0.637. The van der Waals surface area contributed by atoms with E-state index in [0.29, 0.717) is 28.3 Å². The van der Waals surface area contributed by atoms with E-state index in [2.05, 4.69) is 20.5 Å². The highest BCUT2D eigenvalue weighted by molar-refractivity contribution is 6.09. The van der Waals surface area contributed by atoms with Gasteiger partial charge in [-0.1, -0.05) is 0 Å². The summed E-state index contributed by atoms with van der Waals surface area (Å²) in [4.78, 5) is 17.3. The van der Waals surface area contributed by atoms with Crippen LogP contribution in [0.15, 0.2) is 49.1 Å². The Morgan fingerprint density at radius 1 is 1.33 bits per heavy atom. The summed E-state index contributed by atoms with van der Waals surface area (Å²) in [5, 5.41) is 21.8. The molecule has 4 rings (SSSR count). The first kappa shape index (κ1) is 22.4. The maximum Gasteiger partial charge on any atom is 0.261 e. The van der Waals surface area contributed by atoms with Gasteiger partial charge < -0.3 is 15.2 Å². The monoisotopic (exact) mass is 452 g/mol. The number of halogens is 1. The number of aliphatic hydroxyl groups is 1. The molecular formula is C23H25FN6O3. The van der Waals surface area contributed by atoms with Crippen molar-refractivity contribution < 1.29 is 19.0 Å². The summed E-state index contributed by atoms with van der Waals surface area (Å²) >= 11 is 0. The molecule has 0 aliphatic carbocycles. The molecule has 4 aromatic rings. The van der Waals surface area contributed by atoms with Crippen LogP contribution >= 0.6 is 0 Å². The van der Waals surface area contributed by atoms with Crippen molar-refractivity contribution in [1.29, 1.82) is 0 Å². The first-order chi connectivity index (χ1) is 15.6. The van der Waals surface area contributed by atoms with E-state index < -0.39 is 17.3 Å². The largest absolute Gasteiger partial charge is 0.490 e. The minimum absolute atomic E-state index is 0.157. The van der Waals surface area contributed by atoms with Crippen molar-refractivity contribution in [2.75, 3.05) is 5.32 Å². The topological polar surface area (TPSA) is 107 Å². The molecule has 2 N–H and O–H groups in total. The van der Waals surface area contributed by atoms with Gasteiger partial charge in [0.05, 0.1) is 30.1 Å². The van der Waals surface area contributed by atoms with Crippen LogP contribution in [0.4, 0.5) is 10.1 Å². The van der Waals surface area contributed by atoms with Crippen LogP contribution in [0.5, 0.6) is 5.75 Å². The number of carbonyl (C=O) groups is 1. The molecule has 0 bridgehead atoms. The second kappa shape index (κ2) is 8.62. The van der Waals surface area contributed by atoms with Crippen molar-refractivity contribution in [3.05, 3.63) is 60.4 Å². The molecule has 0 atom stereocenters. The molecule has 0 saturated carbocycles. The lowest BCUT2D eigenvalue weighted by Crippen LogP contribution is -2.26. The maximum absolute atomic E-state index is 14.2. The van der Waals surface area contributed by atoms with Gasteiger partial charge in [0, 0.05) is 24.2 Å². The van der Waals surface area contributed by atoms with E-state index in [9.17, 15) is 14.3 Å². The number of nitrogens with zero attached hydrogens (tertiary/aromatic N) is 5. The number of benzene rings is 1. The van der Waals surface area contributed by atoms with Crippen LogP contribution in [0, 0.1) is 5.82 Å². The molecule has 1 amide bonds. The fourth-order valence-electron chi connectivity index (χ4n) is 3.41. The van der Waals surface area contributed by atoms with Gasteiger partial charge in [-0.05, 0) is 52.0 Å². The Bertz CT molecular complexity index is 1310. The normalized spacial score (nSPS) is 11.8. The third kappa shape index (κ3) is 5.01. The molecule has 9 nitrogen and oxygen atoms in total. The zero-order valence-electron chi connectivity index (χ0n) is 18.8. The van der Waals surface area contributed by atoms with E-state index in [-0.39, 0.29) is 18.2 Å². The fraction of sp³-hybridized carbons (Fsp3) is 0.304. The second-order valence-electron chi connectivity index (χ2n) is 8.61. The van der Waals surface area contributed by atoms with Crippen molar-refractivity contribution in [3.63, 3.8) is 0 Å². The molecule has 1 aromatic carbocycles. The SMILES string of the molecule is CC(C)Oc1ccc(F)cc1-c1nn(CC(C)(C)O)cc1NC(=O)c1cnn2cccnc12. The van der Waals surface area contributed by atoms with Crippen LogP contribution in [0.25, 0.3) is 16.9 Å². The molecule has 0 fully saturated rings. The second-order valence-corrected chi connectivity index (χ2v) is 8.61. The van der Waals surface area contributed by atoms with E-state index in [1.807, 2.05) is 13.8 Å². The third-order valence-electron chi connectivity index (χ3n) is 4.64. The number of ether oxygens (including phenoxy) is 1. The molecule has 3 aromatic heterocycles. The molecule has 33 heavy (non-hydrogen) atoms. The summed E-state index contributed by atoms with van der Waals surface area (Å²) in [6.45, 7) is 7.17. The lowest BCUT2D eigenvalue weighted by molar-refractivity contribution is 0.0578. The molecule has 0 aliphatic heterocycles. The van der Waals surface area contributed by atoms with Crippen molar-refractivity contribution in [2.24, 2.45) is 0 Å². The lowest BCUT2D eigenvalue weighted by Gasteiger charge is -2.16. The number of aromatic nitrogens is 5. The highest BCUT2D eigenvalue weighted by Gasteiger charge is 2.23. The molecule has 0 radical (unpaired) electrons. The molecular weight excluding hydrogens is 427 g/mol. The van der Waals surface area contributed by atoms with E-state index in [0.717, 1.165) is 0 Å². The Morgan fingerprint density at radius 2 is 2.12 bits per heavy atom. The third-order valence-corrected chi connectivity index (χ3v) is 4.64. The summed E-state index contributed by atoms with van der Waals surface area (Å²) in [7, 11) is 0. The van der Waals surface area contributed by atoms with Gasteiger partial charge in [0.1, 0.15) is 22.8 Å². The van der Waals surface area contributed by atoms with Gasteiger partial charge in [0.25, 0.3) is 5.91 Å². The number of hydrogen-bond acceptors (Lipinski definition) is 6. The summed E-state index contributed by atoms with van der Waals surface area (Å²) < 4.78 is 23.1. The number of hydrogen-bond donors (Lipinski definition) is 2. The maximum atomic E-state index is 14.2. The standard InChI is InChI=1S/C23H25FN6O3/c1-14(2)33-19-7-6-15(24)10-16(19)20-18(12-29(28-20)13-23(3,4)32)27-22(31)17-11-26-30-9-5-8-25-21(17)30/h5-12,14,32H,13H2,1-4H3,(H,27,31). The van der Waals surface area contributed by atoms with Gasteiger partial charge in [-0.3, -0.25) is 9.48 Å². The molecule has 0 unspecified atom stereocenters. The zero-order chi connectivity index (χ0) is 23.8. The molecule has 172 valence electrons. The number of nitrogens with one attached hydrogen (secondary N) is 1. The van der Waals surface area contributed by atoms with Crippen LogP contribution in [-0.2, 0) is 6.54 Å². The predicted octanol–water partition coefficient (Wildman–Crippen LogP) is 3.54. The van der Waals surface area contributed by atoms with Gasteiger partial charge >= 0.3 is 0 Å². The van der Waals surface area contributed by atoms with Gasteiger partial charge in [-0.2, -0.15) is 10.2 Å². The van der Waals surface area contributed by atoms with Gasteiger partial charge in [0.15, 0.2) is 5.65 Å². The van der Waals surface area contributed by atoms with Crippen molar-refractivity contribution in [2.45, 2.75) is 45.9 Å². The van der Waals surface area contributed by atoms with Crippen LogP contribution < -0.4 is 10.1 Å². The first-order valence-electron chi connectivity index (χ1n) is 10.5. The summed E-state index contributed by atoms with van der Waals surface area (Å²) in [6, 6.07) is 5.85. The Labute approximate surface area is 189 Å². The number of amides is 1. The lowest BCUT2D eigenvalue weighted by atomic mass is 10.1. The average molecular weight is 452 g/mol. The van der Waals surface area contributed by atoms with E-state index >= 15 is 0 Å². The van der Waals surface area contributed by atoms with Crippen LogP contribution in [-0.4, -0.2) is 47.1 Å². The highest BCUT2D eigenvalue weighted by atomic mass is 19.1. The van der Waals surface area contributed by atoms with Crippen molar-refractivity contribution >= 4 is 17.2 Å². The number of rotatable bonds is 7. The Kier molecular flexibility index (Phi) is 5.86. The number of fused-ring (bicyclic) bond motifs is 1. The van der Waals surface area contributed by atoms with Crippen LogP contribution in [0.2, 0.25) is 0 Å². The van der Waals surface area contributed by atoms with Crippen molar-refractivity contribution in [3.8, 4) is 17.0 Å². The van der Waals surface area contributed by atoms with Gasteiger partial charge in [0.2, 0.25) is 0 Å². The summed E-state index contributed by atoms with van der Waals surface area (Å²) in [6.07, 6.45) is 6.12. The number of carbonyl (C=O) groups excluding carboxylic acids is 1. The molecule has 0 spiro atoms. The zero-order valence-corrected chi connectivity index (χ0v) is 18.8. The smallest absolute Gasteiger partial charge is 0.261 e. The highest BCUT2D eigenvalue weighted by Crippen LogP contribution is 2.36. The van der Waals surface area contributed by atoms with Crippen LogP contribution in [0.3, 0.4) is 0 Å². The minimum Gasteiger partial charge on any atom is -0.490 e. The van der Waals surface area contributed by atoms with Gasteiger partial charge in [-0.15, -0.1) is 0 Å². The van der Waals surface area contributed by atoms with Crippen molar-refractivity contribution in [1.82, 2.24) is 24.4 Å².